The highest BCUT2D eigenvalue weighted by Gasteiger charge is 2.39. The van der Waals surface area contributed by atoms with E-state index in [0.29, 0.717) is 16.0 Å². The van der Waals surface area contributed by atoms with Gasteiger partial charge in [0.1, 0.15) is 5.82 Å². The number of unbranched alkanes of at least 4 members (excludes halogenated alkanes) is 2. The number of rotatable bonds is 9. The molecular weight excluding hydrogens is 767 g/mol. The molecule has 2 aromatic carbocycles. The SMILES string of the molecule is O=C(O)C(F)(F)F.O=C(O)C(F)(F)F.O=C1c2ccccc2CN1CCCCCN1CCC(c2nc(-c3ccncc3)c(-c3ccc(Cl)c(Cl)c3)[nH]2)CC1. The Morgan fingerprint density at radius 3 is 1.98 bits per heavy atom. The Morgan fingerprint density at radius 2 is 1.41 bits per heavy atom. The van der Waals surface area contributed by atoms with E-state index < -0.39 is 24.3 Å². The van der Waals surface area contributed by atoms with Crippen molar-refractivity contribution in [3.8, 4) is 22.5 Å². The van der Waals surface area contributed by atoms with Crippen molar-refractivity contribution in [3.63, 3.8) is 0 Å². The van der Waals surface area contributed by atoms with Crippen molar-refractivity contribution in [2.24, 2.45) is 0 Å². The van der Waals surface area contributed by atoms with Gasteiger partial charge in [0.25, 0.3) is 5.91 Å². The van der Waals surface area contributed by atoms with Gasteiger partial charge < -0.3 is 25.0 Å². The molecule has 2 aliphatic rings. The van der Waals surface area contributed by atoms with Crippen LogP contribution in [0, 0.1) is 0 Å². The largest absolute Gasteiger partial charge is 0.490 e. The average Bonchev–Trinajstić information content (AvgIpc) is 3.71. The molecule has 10 nitrogen and oxygen atoms in total. The van der Waals surface area contributed by atoms with E-state index in [2.05, 4.69) is 20.9 Å². The number of imidazole rings is 1. The molecule has 0 unspecified atom stereocenters. The number of nitrogens with one attached hydrogen (secondary N) is 1. The number of aromatic amines is 1. The van der Waals surface area contributed by atoms with Gasteiger partial charge in [0.2, 0.25) is 0 Å². The van der Waals surface area contributed by atoms with Crippen LogP contribution in [0.4, 0.5) is 26.3 Å². The maximum Gasteiger partial charge on any atom is 0.490 e. The number of carboxylic acid groups (broad SMARTS) is 2. The van der Waals surface area contributed by atoms with Gasteiger partial charge in [-0.15, -0.1) is 0 Å². The molecule has 0 spiro atoms. The summed E-state index contributed by atoms with van der Waals surface area (Å²) in [6.45, 7) is 4.84. The van der Waals surface area contributed by atoms with Gasteiger partial charge in [-0.05, 0) is 81.2 Å². The molecule has 2 aromatic heterocycles. The number of alkyl halides is 6. The molecule has 54 heavy (non-hydrogen) atoms. The van der Waals surface area contributed by atoms with Gasteiger partial charge in [-0.2, -0.15) is 26.3 Å². The quantitative estimate of drug-likeness (QED) is 0.113. The van der Waals surface area contributed by atoms with E-state index in [0.717, 1.165) is 104 Å². The van der Waals surface area contributed by atoms with Crippen LogP contribution in [-0.2, 0) is 16.1 Å². The molecule has 0 radical (unpaired) electrons. The fraction of sp³-hybridized carbons (Fsp3) is 0.361. The van der Waals surface area contributed by atoms with Gasteiger partial charge in [-0.25, -0.2) is 14.6 Å². The van der Waals surface area contributed by atoms with Crippen molar-refractivity contribution in [2.45, 2.75) is 56.9 Å². The van der Waals surface area contributed by atoms with Crippen molar-refractivity contribution in [1.82, 2.24) is 24.8 Å². The van der Waals surface area contributed by atoms with Crippen molar-refractivity contribution >= 4 is 41.0 Å². The van der Waals surface area contributed by atoms with Crippen LogP contribution >= 0.6 is 23.2 Å². The first-order chi connectivity index (χ1) is 25.5. The van der Waals surface area contributed by atoms with E-state index in [1.807, 2.05) is 53.4 Å². The number of benzene rings is 2. The number of aromatic nitrogens is 3. The molecule has 1 amide bonds. The lowest BCUT2D eigenvalue weighted by Crippen LogP contribution is -2.34. The zero-order chi connectivity index (χ0) is 39.6. The number of hydrogen-bond donors (Lipinski definition) is 3. The van der Waals surface area contributed by atoms with E-state index in [9.17, 15) is 31.1 Å². The summed E-state index contributed by atoms with van der Waals surface area (Å²) in [5.74, 6) is -3.91. The Morgan fingerprint density at radius 1 is 0.815 bits per heavy atom. The van der Waals surface area contributed by atoms with Crippen LogP contribution < -0.4 is 0 Å². The minimum absolute atomic E-state index is 0.185. The van der Waals surface area contributed by atoms with Gasteiger partial charge in [0, 0.05) is 48.1 Å². The summed E-state index contributed by atoms with van der Waals surface area (Å²) >= 11 is 12.5. The normalized spacial score (nSPS) is 14.8. The van der Waals surface area contributed by atoms with E-state index in [4.69, 9.17) is 48.0 Å². The lowest BCUT2D eigenvalue weighted by atomic mass is 9.96. The maximum absolute atomic E-state index is 12.6. The number of likely N-dealkylation sites (tertiary alicyclic amines) is 1. The summed E-state index contributed by atoms with van der Waals surface area (Å²) in [4.78, 5) is 47.8. The lowest BCUT2D eigenvalue weighted by Gasteiger charge is -2.31. The number of halogens is 8. The number of nitrogens with zero attached hydrogens (tertiary/aromatic N) is 4. The highest BCUT2D eigenvalue weighted by atomic mass is 35.5. The minimum atomic E-state index is -5.08. The molecule has 0 saturated carbocycles. The van der Waals surface area contributed by atoms with Crippen molar-refractivity contribution in [1.29, 1.82) is 0 Å². The number of carbonyl (C=O) groups excluding carboxylic acids is 1. The Kier molecular flexibility index (Phi) is 14.5. The predicted molar refractivity (Wildman–Crippen MR) is 188 cm³/mol. The molecule has 18 heteroatoms. The number of pyridine rings is 1. The molecule has 3 N–H and O–H groups in total. The number of carboxylic acids is 2. The molecule has 6 rings (SSSR count). The molecule has 4 aromatic rings. The van der Waals surface area contributed by atoms with Crippen LogP contribution in [0.5, 0.6) is 0 Å². The van der Waals surface area contributed by atoms with E-state index in [1.54, 1.807) is 12.4 Å². The fourth-order valence-electron chi connectivity index (χ4n) is 5.90. The average molecular weight is 803 g/mol. The van der Waals surface area contributed by atoms with Crippen LogP contribution in [-0.4, -0.2) is 91.3 Å². The van der Waals surface area contributed by atoms with Crippen molar-refractivity contribution in [2.75, 3.05) is 26.2 Å². The smallest absolute Gasteiger partial charge is 0.475 e. The monoisotopic (exact) mass is 801 g/mol. The molecule has 2 aliphatic heterocycles. The number of aliphatic carboxylic acids is 2. The standard InChI is InChI=1S/C32H33Cl2N5O.2C2HF3O2/c33-27-9-8-24(20-28(27)34)30-29(22-10-14-35-15-11-22)36-31(37-30)23-12-18-38(19-13-23)16-4-1-5-17-39-21-25-6-2-3-7-26(25)32(39)40;2*3-2(4,5)1(6)7/h2-3,6-11,14-15,20,23H,1,4-5,12-13,16-19,21H2,(H,36,37);2*(H,6,7). The summed E-state index contributed by atoms with van der Waals surface area (Å²) in [6.07, 6.45) is -1.08. The van der Waals surface area contributed by atoms with Gasteiger partial charge in [-0.1, -0.05) is 53.9 Å². The van der Waals surface area contributed by atoms with Crippen LogP contribution in [0.15, 0.2) is 67.0 Å². The number of hydrogen-bond acceptors (Lipinski definition) is 6. The highest BCUT2D eigenvalue weighted by Crippen LogP contribution is 2.37. The molecule has 4 heterocycles. The third-order valence-electron chi connectivity index (χ3n) is 8.64. The van der Waals surface area contributed by atoms with Gasteiger partial charge in [0.15, 0.2) is 0 Å². The van der Waals surface area contributed by atoms with E-state index >= 15 is 0 Å². The Bertz CT molecular complexity index is 1880. The van der Waals surface area contributed by atoms with Crippen LogP contribution in [0.3, 0.4) is 0 Å². The number of carbonyl (C=O) groups is 3. The Balaban J connectivity index is 0.000000396. The fourth-order valence-corrected chi connectivity index (χ4v) is 6.20. The third-order valence-corrected chi connectivity index (χ3v) is 9.38. The highest BCUT2D eigenvalue weighted by molar-refractivity contribution is 6.42. The van der Waals surface area contributed by atoms with Crippen LogP contribution in [0.2, 0.25) is 10.0 Å². The van der Waals surface area contributed by atoms with Crippen LogP contribution in [0.1, 0.15) is 59.8 Å². The number of amides is 1. The van der Waals surface area contributed by atoms with Crippen molar-refractivity contribution in [3.05, 3.63) is 94.0 Å². The molecule has 0 bridgehead atoms. The molecule has 1 saturated heterocycles. The zero-order valence-electron chi connectivity index (χ0n) is 28.4. The number of H-pyrrole nitrogens is 1. The molecule has 0 aliphatic carbocycles. The van der Waals surface area contributed by atoms with Gasteiger partial charge in [-0.3, -0.25) is 9.78 Å². The van der Waals surface area contributed by atoms with E-state index in [1.165, 1.54) is 0 Å². The van der Waals surface area contributed by atoms with Gasteiger partial charge in [0.05, 0.1) is 21.4 Å². The first-order valence-corrected chi connectivity index (χ1v) is 17.4. The summed E-state index contributed by atoms with van der Waals surface area (Å²) < 4.78 is 63.5. The molecular formula is C36H35Cl2F6N5O5. The number of fused-ring (bicyclic) bond motifs is 1. The second kappa shape index (κ2) is 18.6. The summed E-state index contributed by atoms with van der Waals surface area (Å²) in [5.41, 5.74) is 5.90. The maximum atomic E-state index is 12.6. The third kappa shape index (κ3) is 11.7. The van der Waals surface area contributed by atoms with E-state index in [-0.39, 0.29) is 5.91 Å². The summed E-state index contributed by atoms with van der Waals surface area (Å²) in [7, 11) is 0. The number of piperidine rings is 1. The Labute approximate surface area is 315 Å². The predicted octanol–water partition coefficient (Wildman–Crippen LogP) is 8.72. The lowest BCUT2D eigenvalue weighted by molar-refractivity contribution is -0.193. The molecule has 0 atom stereocenters. The zero-order valence-corrected chi connectivity index (χ0v) is 29.9. The minimum Gasteiger partial charge on any atom is -0.475 e. The van der Waals surface area contributed by atoms with Crippen molar-refractivity contribution < 1.29 is 50.9 Å². The van der Waals surface area contributed by atoms with Gasteiger partial charge >= 0.3 is 24.3 Å². The van der Waals surface area contributed by atoms with Crippen LogP contribution in [0.25, 0.3) is 22.5 Å². The topological polar surface area (TPSA) is 140 Å². The second-order valence-corrected chi connectivity index (χ2v) is 13.2. The Hall–Kier alpha value is -4.67. The molecule has 290 valence electrons. The summed E-state index contributed by atoms with van der Waals surface area (Å²) in [6, 6.07) is 17.7. The summed E-state index contributed by atoms with van der Waals surface area (Å²) in [5, 5.41) is 15.3. The second-order valence-electron chi connectivity index (χ2n) is 12.4. The molecule has 1 fully saturated rings. The first kappa shape index (κ1) is 42.1. The first-order valence-electron chi connectivity index (χ1n) is 16.6.